The Labute approximate surface area is 123 Å². The fraction of sp³-hybridized carbons (Fsp3) is 0.812. The summed E-state index contributed by atoms with van der Waals surface area (Å²) in [7, 11) is 0. The van der Waals surface area contributed by atoms with Crippen molar-refractivity contribution in [2.75, 3.05) is 19.7 Å². The zero-order valence-electron chi connectivity index (χ0n) is 14.0. The van der Waals surface area contributed by atoms with Crippen LogP contribution in [0, 0.1) is 13.8 Å². The fourth-order valence-corrected chi connectivity index (χ4v) is 2.27. The first-order chi connectivity index (χ1) is 9.35. The van der Waals surface area contributed by atoms with E-state index >= 15 is 0 Å². The largest absolute Gasteiger partial charge is 0.374 e. The van der Waals surface area contributed by atoms with Crippen LogP contribution in [0.5, 0.6) is 0 Å². The zero-order chi connectivity index (χ0) is 15.2. The molecule has 20 heavy (non-hydrogen) atoms. The summed E-state index contributed by atoms with van der Waals surface area (Å²) >= 11 is 0. The minimum absolute atomic E-state index is 0.0804. The van der Waals surface area contributed by atoms with Gasteiger partial charge in [0.1, 0.15) is 0 Å². The second-order valence-corrected chi connectivity index (χ2v) is 6.33. The van der Waals surface area contributed by atoms with E-state index in [0.29, 0.717) is 6.61 Å². The Morgan fingerprint density at radius 2 is 1.90 bits per heavy atom. The van der Waals surface area contributed by atoms with Gasteiger partial charge in [-0.1, -0.05) is 6.92 Å². The third kappa shape index (κ3) is 5.63. The highest BCUT2D eigenvalue weighted by Gasteiger charge is 2.13. The van der Waals surface area contributed by atoms with Gasteiger partial charge < -0.3 is 10.1 Å². The van der Waals surface area contributed by atoms with Crippen molar-refractivity contribution >= 4 is 0 Å². The summed E-state index contributed by atoms with van der Waals surface area (Å²) in [5, 5.41) is 8.09. The molecule has 0 saturated heterocycles. The Morgan fingerprint density at radius 3 is 2.50 bits per heavy atom. The van der Waals surface area contributed by atoms with Crippen LogP contribution >= 0.6 is 0 Å². The highest BCUT2D eigenvalue weighted by molar-refractivity contribution is 5.24. The van der Waals surface area contributed by atoms with Crippen molar-refractivity contribution in [3.05, 3.63) is 17.0 Å². The molecule has 4 nitrogen and oxygen atoms in total. The Hall–Kier alpha value is -0.870. The molecule has 1 N–H and O–H groups in total. The van der Waals surface area contributed by atoms with Gasteiger partial charge in [-0.3, -0.25) is 4.68 Å². The molecule has 1 aromatic rings. The van der Waals surface area contributed by atoms with Gasteiger partial charge in [-0.05, 0) is 66.1 Å². The molecule has 0 aromatic carbocycles. The first-order valence-corrected chi connectivity index (χ1v) is 7.72. The molecule has 1 rings (SSSR count). The number of nitrogens with zero attached hydrogens (tertiary/aromatic N) is 2. The van der Waals surface area contributed by atoms with Gasteiger partial charge in [-0.2, -0.15) is 5.10 Å². The molecule has 0 spiro atoms. The van der Waals surface area contributed by atoms with Gasteiger partial charge in [-0.25, -0.2) is 0 Å². The maximum Gasteiger partial charge on any atom is 0.0669 e. The fourth-order valence-electron chi connectivity index (χ4n) is 2.27. The second-order valence-electron chi connectivity index (χ2n) is 6.33. The lowest BCUT2D eigenvalue weighted by Crippen LogP contribution is -2.22. The third-order valence-electron chi connectivity index (χ3n) is 3.35. The molecule has 1 aromatic heterocycles. The van der Waals surface area contributed by atoms with Crippen LogP contribution in [-0.4, -0.2) is 35.1 Å². The van der Waals surface area contributed by atoms with Crippen LogP contribution in [0.25, 0.3) is 0 Å². The highest BCUT2D eigenvalue weighted by atomic mass is 16.5. The molecule has 0 amide bonds. The normalized spacial score (nSPS) is 12.1. The number of hydrogen-bond acceptors (Lipinski definition) is 3. The maximum atomic E-state index is 5.78. The van der Waals surface area contributed by atoms with Crippen molar-refractivity contribution in [2.45, 2.75) is 66.5 Å². The highest BCUT2D eigenvalue weighted by Crippen LogP contribution is 2.14. The van der Waals surface area contributed by atoms with E-state index in [1.165, 1.54) is 17.7 Å². The molecule has 0 aliphatic heterocycles. The minimum Gasteiger partial charge on any atom is -0.374 e. The molecule has 0 fully saturated rings. The lowest BCUT2D eigenvalue weighted by atomic mass is 10.1. The SMILES string of the molecule is CCCNCCc1c(C)nn(CCOC(C)(C)C)c1C. The van der Waals surface area contributed by atoms with Crippen molar-refractivity contribution in [2.24, 2.45) is 0 Å². The van der Waals surface area contributed by atoms with Crippen molar-refractivity contribution in [1.82, 2.24) is 15.1 Å². The van der Waals surface area contributed by atoms with E-state index < -0.39 is 0 Å². The summed E-state index contributed by atoms with van der Waals surface area (Å²) in [6.07, 6.45) is 2.24. The predicted molar refractivity (Wildman–Crippen MR) is 84.3 cm³/mol. The smallest absolute Gasteiger partial charge is 0.0669 e. The number of hydrogen-bond donors (Lipinski definition) is 1. The lowest BCUT2D eigenvalue weighted by Gasteiger charge is -2.19. The first kappa shape index (κ1) is 17.2. The van der Waals surface area contributed by atoms with Gasteiger partial charge in [0.2, 0.25) is 0 Å². The first-order valence-electron chi connectivity index (χ1n) is 7.72. The van der Waals surface area contributed by atoms with Gasteiger partial charge in [0, 0.05) is 5.69 Å². The standard InChI is InChI=1S/C16H31N3O/c1-7-9-17-10-8-15-13(2)18-19(14(15)3)11-12-20-16(4,5)6/h17H,7-12H2,1-6H3. The van der Waals surface area contributed by atoms with Crippen molar-refractivity contribution < 1.29 is 4.74 Å². The van der Waals surface area contributed by atoms with Crippen LogP contribution < -0.4 is 5.32 Å². The summed E-state index contributed by atoms with van der Waals surface area (Å²) in [6, 6.07) is 0. The topological polar surface area (TPSA) is 39.1 Å². The zero-order valence-corrected chi connectivity index (χ0v) is 14.0. The number of nitrogens with one attached hydrogen (secondary N) is 1. The molecule has 0 aliphatic rings. The van der Waals surface area contributed by atoms with Crippen LogP contribution in [0.2, 0.25) is 0 Å². The summed E-state index contributed by atoms with van der Waals surface area (Å²) in [4.78, 5) is 0. The van der Waals surface area contributed by atoms with Crippen molar-refractivity contribution in [3.63, 3.8) is 0 Å². The number of rotatable bonds is 8. The van der Waals surface area contributed by atoms with Crippen LogP contribution in [0.1, 0.15) is 51.1 Å². The Bertz CT molecular complexity index is 405. The van der Waals surface area contributed by atoms with E-state index in [-0.39, 0.29) is 5.60 Å². The molecular formula is C16H31N3O. The van der Waals surface area contributed by atoms with Crippen LogP contribution in [0.4, 0.5) is 0 Å². The molecule has 116 valence electrons. The van der Waals surface area contributed by atoms with Gasteiger partial charge >= 0.3 is 0 Å². The maximum absolute atomic E-state index is 5.78. The van der Waals surface area contributed by atoms with E-state index in [2.05, 4.69) is 56.6 Å². The molecule has 0 unspecified atom stereocenters. The monoisotopic (exact) mass is 281 g/mol. The van der Waals surface area contributed by atoms with Crippen LogP contribution in [0.3, 0.4) is 0 Å². The van der Waals surface area contributed by atoms with Gasteiger partial charge in [0.25, 0.3) is 0 Å². The van der Waals surface area contributed by atoms with Crippen LogP contribution in [0.15, 0.2) is 0 Å². The molecular weight excluding hydrogens is 250 g/mol. The lowest BCUT2D eigenvalue weighted by molar-refractivity contribution is -0.00810. The molecule has 0 atom stereocenters. The van der Waals surface area contributed by atoms with Gasteiger partial charge in [-0.15, -0.1) is 0 Å². The summed E-state index contributed by atoms with van der Waals surface area (Å²) in [6.45, 7) is 16.3. The second kappa shape index (κ2) is 7.79. The van der Waals surface area contributed by atoms with E-state index in [4.69, 9.17) is 4.74 Å². The van der Waals surface area contributed by atoms with Gasteiger partial charge in [0.05, 0.1) is 24.4 Å². The van der Waals surface area contributed by atoms with Crippen LogP contribution in [-0.2, 0) is 17.7 Å². The molecule has 1 heterocycles. The summed E-state index contributed by atoms with van der Waals surface area (Å²) in [5.41, 5.74) is 3.72. The van der Waals surface area contributed by atoms with Crippen molar-refractivity contribution in [1.29, 1.82) is 0 Å². The van der Waals surface area contributed by atoms with Gasteiger partial charge in [0.15, 0.2) is 0 Å². The van der Waals surface area contributed by atoms with E-state index in [1.54, 1.807) is 0 Å². The van der Waals surface area contributed by atoms with Crippen molar-refractivity contribution in [3.8, 4) is 0 Å². The predicted octanol–water partition coefficient (Wildman–Crippen LogP) is 2.86. The Balaban J connectivity index is 2.53. The average molecular weight is 281 g/mol. The van der Waals surface area contributed by atoms with E-state index in [1.807, 2.05) is 0 Å². The Morgan fingerprint density at radius 1 is 1.20 bits per heavy atom. The minimum atomic E-state index is -0.0804. The number of aryl methyl sites for hydroxylation is 1. The Kier molecular flexibility index (Phi) is 6.69. The third-order valence-corrected chi connectivity index (χ3v) is 3.35. The number of aromatic nitrogens is 2. The molecule has 0 radical (unpaired) electrons. The van der Waals surface area contributed by atoms with E-state index in [9.17, 15) is 0 Å². The number of ether oxygens (including phenoxy) is 1. The molecule has 0 saturated carbocycles. The summed E-state index contributed by atoms with van der Waals surface area (Å²) < 4.78 is 7.86. The summed E-state index contributed by atoms with van der Waals surface area (Å²) in [5.74, 6) is 0. The molecule has 0 aliphatic carbocycles. The average Bonchev–Trinajstić information content (AvgIpc) is 2.60. The molecule has 0 bridgehead atoms. The van der Waals surface area contributed by atoms with E-state index in [0.717, 1.165) is 31.7 Å². The quantitative estimate of drug-likeness (QED) is 0.745. The molecule has 4 heteroatoms.